The summed E-state index contributed by atoms with van der Waals surface area (Å²) in [7, 11) is 2.82. The highest BCUT2D eigenvalue weighted by atomic mass is 16.5. The summed E-state index contributed by atoms with van der Waals surface area (Å²) in [6, 6.07) is 3.22. The van der Waals surface area contributed by atoms with Crippen molar-refractivity contribution in [3.8, 4) is 17.2 Å². The summed E-state index contributed by atoms with van der Waals surface area (Å²) in [6.45, 7) is 1.97. The molecule has 0 bridgehead atoms. The SMILES string of the molecule is CCC[C@H](O)Cc1cc2cc(OC)c(OC)c(O)c2c(=O)o1. The average molecular weight is 308 g/mol. The molecule has 2 N–H and O–H groups in total. The number of phenols is 1. The molecule has 0 fully saturated rings. The van der Waals surface area contributed by atoms with Crippen molar-refractivity contribution < 1.29 is 24.1 Å². The quantitative estimate of drug-likeness (QED) is 0.850. The normalized spacial score (nSPS) is 12.4. The molecule has 2 aromatic rings. The van der Waals surface area contributed by atoms with Crippen molar-refractivity contribution in [1.29, 1.82) is 0 Å². The minimum absolute atomic E-state index is 0.0337. The van der Waals surface area contributed by atoms with Crippen molar-refractivity contribution in [2.75, 3.05) is 14.2 Å². The Kier molecular flexibility index (Phi) is 4.92. The van der Waals surface area contributed by atoms with E-state index in [9.17, 15) is 15.0 Å². The fraction of sp³-hybridized carbons (Fsp3) is 0.438. The van der Waals surface area contributed by atoms with Gasteiger partial charge >= 0.3 is 5.63 Å². The molecule has 0 saturated heterocycles. The monoisotopic (exact) mass is 308 g/mol. The number of benzene rings is 1. The number of hydrogen-bond donors (Lipinski definition) is 2. The average Bonchev–Trinajstić information content (AvgIpc) is 2.46. The lowest BCUT2D eigenvalue weighted by Crippen LogP contribution is -2.12. The molecule has 0 aliphatic heterocycles. The van der Waals surface area contributed by atoms with Crippen LogP contribution >= 0.6 is 0 Å². The first kappa shape index (κ1) is 16.2. The van der Waals surface area contributed by atoms with Gasteiger partial charge in [0.15, 0.2) is 11.5 Å². The summed E-state index contributed by atoms with van der Waals surface area (Å²) in [5, 5.41) is 20.5. The van der Waals surface area contributed by atoms with Gasteiger partial charge in [0.05, 0.1) is 20.3 Å². The maximum Gasteiger partial charge on any atom is 0.347 e. The number of aromatic hydroxyl groups is 1. The van der Waals surface area contributed by atoms with Gasteiger partial charge in [0, 0.05) is 11.8 Å². The van der Waals surface area contributed by atoms with Crippen LogP contribution in [-0.2, 0) is 6.42 Å². The lowest BCUT2D eigenvalue weighted by molar-refractivity contribution is 0.155. The number of methoxy groups -OCH3 is 2. The number of ether oxygens (including phenoxy) is 2. The van der Waals surface area contributed by atoms with Crippen LogP contribution in [0.5, 0.6) is 17.2 Å². The lowest BCUT2D eigenvalue weighted by atomic mass is 10.1. The molecule has 1 aromatic carbocycles. The van der Waals surface area contributed by atoms with E-state index in [0.717, 1.165) is 6.42 Å². The Labute approximate surface area is 127 Å². The van der Waals surface area contributed by atoms with Gasteiger partial charge in [-0.3, -0.25) is 0 Å². The van der Waals surface area contributed by atoms with Crippen LogP contribution in [0.15, 0.2) is 21.3 Å². The van der Waals surface area contributed by atoms with E-state index < -0.39 is 11.7 Å². The first-order valence-corrected chi connectivity index (χ1v) is 7.10. The molecule has 1 aromatic heterocycles. The zero-order valence-electron chi connectivity index (χ0n) is 12.9. The predicted molar refractivity (Wildman–Crippen MR) is 81.9 cm³/mol. The Morgan fingerprint density at radius 3 is 2.59 bits per heavy atom. The van der Waals surface area contributed by atoms with E-state index in [1.54, 1.807) is 12.1 Å². The molecule has 0 spiro atoms. The van der Waals surface area contributed by atoms with Crippen LogP contribution in [0.1, 0.15) is 25.5 Å². The molecule has 6 heteroatoms. The number of aliphatic hydroxyl groups is 1. The highest BCUT2D eigenvalue weighted by Gasteiger charge is 2.19. The van der Waals surface area contributed by atoms with Crippen LogP contribution in [0.2, 0.25) is 0 Å². The molecule has 1 heterocycles. The van der Waals surface area contributed by atoms with Crippen molar-refractivity contribution in [3.63, 3.8) is 0 Å². The molecule has 2 rings (SSSR count). The van der Waals surface area contributed by atoms with E-state index in [1.807, 2.05) is 6.92 Å². The zero-order valence-corrected chi connectivity index (χ0v) is 12.9. The van der Waals surface area contributed by atoms with Crippen LogP contribution in [0.3, 0.4) is 0 Å². The van der Waals surface area contributed by atoms with Crippen molar-refractivity contribution in [2.45, 2.75) is 32.3 Å². The topological polar surface area (TPSA) is 89.1 Å². The van der Waals surface area contributed by atoms with Gasteiger partial charge in [-0.05, 0) is 18.6 Å². The molecular weight excluding hydrogens is 288 g/mol. The van der Waals surface area contributed by atoms with Crippen LogP contribution in [0.4, 0.5) is 0 Å². The summed E-state index contributed by atoms with van der Waals surface area (Å²) < 4.78 is 15.4. The predicted octanol–water partition coefficient (Wildman–Crippen LogP) is 2.22. The van der Waals surface area contributed by atoms with Gasteiger partial charge in [-0.2, -0.15) is 0 Å². The zero-order chi connectivity index (χ0) is 16.3. The van der Waals surface area contributed by atoms with Gasteiger partial charge in [-0.15, -0.1) is 0 Å². The maximum absolute atomic E-state index is 12.1. The standard InChI is InChI=1S/C16H20O6/c1-4-5-10(17)8-11-6-9-7-12(20-2)15(21-3)14(18)13(9)16(19)22-11/h6-7,10,17-18H,4-5,8H2,1-3H3/t10-/m0/s1. The molecule has 0 aliphatic carbocycles. The molecule has 1 atom stereocenters. The second kappa shape index (κ2) is 6.70. The highest BCUT2D eigenvalue weighted by molar-refractivity contribution is 5.91. The second-order valence-electron chi connectivity index (χ2n) is 5.07. The Hall–Kier alpha value is -2.21. The fourth-order valence-corrected chi connectivity index (χ4v) is 2.46. The van der Waals surface area contributed by atoms with E-state index >= 15 is 0 Å². The van der Waals surface area contributed by atoms with Gasteiger partial charge in [-0.1, -0.05) is 13.3 Å². The third-order valence-electron chi connectivity index (χ3n) is 3.48. The van der Waals surface area contributed by atoms with Gasteiger partial charge < -0.3 is 24.1 Å². The van der Waals surface area contributed by atoms with Crippen molar-refractivity contribution >= 4 is 10.8 Å². The number of rotatable bonds is 6. The van der Waals surface area contributed by atoms with Gasteiger partial charge in [0.2, 0.25) is 5.75 Å². The van der Waals surface area contributed by atoms with E-state index in [4.69, 9.17) is 13.9 Å². The first-order valence-electron chi connectivity index (χ1n) is 7.10. The molecule has 6 nitrogen and oxygen atoms in total. The van der Waals surface area contributed by atoms with Crippen molar-refractivity contribution in [1.82, 2.24) is 0 Å². The lowest BCUT2D eigenvalue weighted by Gasteiger charge is -2.12. The molecule has 0 amide bonds. The van der Waals surface area contributed by atoms with E-state index in [2.05, 4.69) is 0 Å². The Bertz CT molecular complexity index is 719. The van der Waals surface area contributed by atoms with Crippen molar-refractivity contribution in [2.24, 2.45) is 0 Å². The third kappa shape index (κ3) is 3.01. The van der Waals surface area contributed by atoms with E-state index in [0.29, 0.717) is 23.3 Å². The molecule has 0 radical (unpaired) electrons. The Balaban J connectivity index is 2.57. The number of aliphatic hydroxyl groups excluding tert-OH is 1. The van der Waals surface area contributed by atoms with Gasteiger partial charge in [-0.25, -0.2) is 4.79 Å². The summed E-state index contributed by atoms with van der Waals surface area (Å²) >= 11 is 0. The smallest absolute Gasteiger partial charge is 0.347 e. The Morgan fingerprint density at radius 1 is 1.27 bits per heavy atom. The second-order valence-corrected chi connectivity index (χ2v) is 5.07. The first-order chi connectivity index (χ1) is 10.5. The highest BCUT2D eigenvalue weighted by Crippen LogP contribution is 2.41. The van der Waals surface area contributed by atoms with Crippen LogP contribution in [0.25, 0.3) is 10.8 Å². The molecule has 120 valence electrons. The number of hydrogen-bond acceptors (Lipinski definition) is 6. The van der Waals surface area contributed by atoms with Crippen LogP contribution in [-0.4, -0.2) is 30.5 Å². The third-order valence-corrected chi connectivity index (χ3v) is 3.48. The summed E-state index contributed by atoms with van der Waals surface area (Å²) in [4.78, 5) is 12.1. The largest absolute Gasteiger partial charge is 0.504 e. The maximum atomic E-state index is 12.1. The van der Waals surface area contributed by atoms with Gasteiger partial charge in [0.25, 0.3) is 0 Å². The molecular formula is C16H20O6. The molecule has 0 saturated carbocycles. The van der Waals surface area contributed by atoms with E-state index in [-0.39, 0.29) is 23.3 Å². The number of fused-ring (bicyclic) bond motifs is 1. The number of phenolic OH excluding ortho intramolecular Hbond substituents is 1. The minimum Gasteiger partial charge on any atom is -0.504 e. The molecule has 22 heavy (non-hydrogen) atoms. The van der Waals surface area contributed by atoms with Gasteiger partial charge in [0.1, 0.15) is 11.1 Å². The summed E-state index contributed by atoms with van der Waals surface area (Å²) in [5.41, 5.74) is -0.672. The van der Waals surface area contributed by atoms with Crippen LogP contribution < -0.4 is 15.1 Å². The summed E-state index contributed by atoms with van der Waals surface area (Å²) in [5.74, 6) is 0.454. The fourth-order valence-electron chi connectivity index (χ4n) is 2.46. The summed E-state index contributed by atoms with van der Waals surface area (Å²) in [6.07, 6.45) is 1.14. The molecule has 0 unspecified atom stereocenters. The molecule has 0 aliphatic rings. The Morgan fingerprint density at radius 2 is 2.00 bits per heavy atom. The minimum atomic E-state index is -0.672. The van der Waals surface area contributed by atoms with Crippen molar-refractivity contribution in [3.05, 3.63) is 28.3 Å². The van der Waals surface area contributed by atoms with E-state index in [1.165, 1.54) is 14.2 Å². The van der Waals surface area contributed by atoms with Crippen LogP contribution in [0, 0.1) is 0 Å².